The lowest BCUT2D eigenvalue weighted by molar-refractivity contribution is -0.114. The highest BCUT2D eigenvalue weighted by molar-refractivity contribution is 8.00. The van der Waals surface area contributed by atoms with E-state index in [0.717, 1.165) is 22.5 Å². The molecular weight excluding hydrogens is 390 g/mol. The van der Waals surface area contributed by atoms with Crippen LogP contribution >= 0.6 is 23.1 Å². The van der Waals surface area contributed by atoms with Crippen LogP contribution in [-0.4, -0.2) is 28.3 Å². The molecule has 3 aromatic rings. The lowest BCUT2D eigenvalue weighted by Crippen LogP contribution is -2.18. The number of nitrogens with zero attached hydrogens (tertiary/aromatic N) is 1. The van der Waals surface area contributed by atoms with Crippen molar-refractivity contribution in [3.05, 3.63) is 65.0 Å². The van der Waals surface area contributed by atoms with Crippen molar-refractivity contribution in [2.24, 2.45) is 0 Å². The molecule has 0 saturated carbocycles. The summed E-state index contributed by atoms with van der Waals surface area (Å²) in [6.45, 7) is 4.03. The molecule has 2 N–H and O–H groups in total. The fourth-order valence-corrected chi connectivity index (χ4v) is 3.83. The standard InChI is InChI=1S/C21H21N3O2S2/c1-14-8-9-17(10-15(14)2)22-19(25)12-27-13-20(26)24-21-23-18(11-28-21)16-6-4-3-5-7-16/h3-11H,12-13H2,1-2H3,(H,22,25)(H,23,24,26). The largest absolute Gasteiger partial charge is 0.325 e. The molecule has 0 aliphatic heterocycles. The minimum Gasteiger partial charge on any atom is -0.325 e. The van der Waals surface area contributed by atoms with Gasteiger partial charge in [0.25, 0.3) is 0 Å². The van der Waals surface area contributed by atoms with Gasteiger partial charge in [-0.15, -0.1) is 23.1 Å². The van der Waals surface area contributed by atoms with Gasteiger partial charge in [-0.2, -0.15) is 0 Å². The molecule has 7 heteroatoms. The number of carbonyl (C=O) groups is 2. The Balaban J connectivity index is 1.42. The number of benzene rings is 2. The van der Waals surface area contributed by atoms with E-state index in [1.807, 2.05) is 67.8 Å². The van der Waals surface area contributed by atoms with E-state index in [4.69, 9.17) is 0 Å². The van der Waals surface area contributed by atoms with Crippen LogP contribution in [0.4, 0.5) is 10.8 Å². The third kappa shape index (κ3) is 5.68. The monoisotopic (exact) mass is 411 g/mol. The average molecular weight is 412 g/mol. The van der Waals surface area contributed by atoms with E-state index in [0.29, 0.717) is 5.13 Å². The maximum Gasteiger partial charge on any atom is 0.236 e. The molecule has 0 atom stereocenters. The van der Waals surface area contributed by atoms with Crippen LogP contribution in [0, 0.1) is 13.8 Å². The van der Waals surface area contributed by atoms with Gasteiger partial charge in [-0.1, -0.05) is 36.4 Å². The first-order valence-corrected chi connectivity index (χ1v) is 10.8. The third-order valence-corrected chi connectivity index (χ3v) is 5.77. The molecule has 0 aliphatic carbocycles. The summed E-state index contributed by atoms with van der Waals surface area (Å²) >= 11 is 2.66. The zero-order chi connectivity index (χ0) is 19.9. The summed E-state index contributed by atoms with van der Waals surface area (Å²) in [4.78, 5) is 28.6. The number of thioether (sulfide) groups is 1. The molecule has 0 bridgehead atoms. The number of thiazole rings is 1. The van der Waals surface area contributed by atoms with Crippen LogP contribution in [0.15, 0.2) is 53.9 Å². The van der Waals surface area contributed by atoms with E-state index < -0.39 is 0 Å². The number of carbonyl (C=O) groups excluding carboxylic acids is 2. The van der Waals surface area contributed by atoms with Gasteiger partial charge in [-0.25, -0.2) is 4.98 Å². The predicted octanol–water partition coefficient (Wildman–Crippen LogP) is 4.74. The van der Waals surface area contributed by atoms with E-state index in [9.17, 15) is 9.59 Å². The van der Waals surface area contributed by atoms with Gasteiger partial charge in [0, 0.05) is 16.6 Å². The topological polar surface area (TPSA) is 71.1 Å². The van der Waals surface area contributed by atoms with Crippen LogP contribution in [-0.2, 0) is 9.59 Å². The summed E-state index contributed by atoms with van der Waals surface area (Å²) in [7, 11) is 0. The van der Waals surface area contributed by atoms with Crippen LogP contribution in [0.2, 0.25) is 0 Å². The van der Waals surface area contributed by atoms with Gasteiger partial charge in [-0.3, -0.25) is 9.59 Å². The van der Waals surface area contributed by atoms with E-state index >= 15 is 0 Å². The number of rotatable bonds is 7. The molecular formula is C21H21N3O2S2. The van der Waals surface area contributed by atoms with Gasteiger partial charge in [-0.05, 0) is 37.1 Å². The second-order valence-electron chi connectivity index (χ2n) is 6.29. The molecule has 28 heavy (non-hydrogen) atoms. The molecule has 144 valence electrons. The Morgan fingerprint density at radius 1 is 0.964 bits per heavy atom. The van der Waals surface area contributed by atoms with E-state index in [1.54, 1.807) is 0 Å². The second kappa shape index (κ2) is 9.52. The van der Waals surface area contributed by atoms with Crippen molar-refractivity contribution in [3.8, 4) is 11.3 Å². The zero-order valence-electron chi connectivity index (χ0n) is 15.7. The number of aromatic nitrogens is 1. The third-order valence-electron chi connectivity index (χ3n) is 4.08. The maximum atomic E-state index is 12.1. The maximum absolute atomic E-state index is 12.1. The molecule has 0 spiro atoms. The van der Waals surface area contributed by atoms with Crippen molar-refractivity contribution in [2.45, 2.75) is 13.8 Å². The second-order valence-corrected chi connectivity index (χ2v) is 8.14. The summed E-state index contributed by atoms with van der Waals surface area (Å²) in [6, 6.07) is 15.6. The van der Waals surface area contributed by atoms with Crippen LogP contribution in [0.25, 0.3) is 11.3 Å². The molecule has 5 nitrogen and oxygen atoms in total. The predicted molar refractivity (Wildman–Crippen MR) is 118 cm³/mol. The highest BCUT2D eigenvalue weighted by Crippen LogP contribution is 2.24. The highest BCUT2D eigenvalue weighted by Gasteiger charge is 2.10. The van der Waals surface area contributed by atoms with Crippen molar-refractivity contribution in [2.75, 3.05) is 22.1 Å². The van der Waals surface area contributed by atoms with Crippen LogP contribution < -0.4 is 10.6 Å². The van der Waals surface area contributed by atoms with Crippen molar-refractivity contribution < 1.29 is 9.59 Å². The smallest absolute Gasteiger partial charge is 0.236 e. The van der Waals surface area contributed by atoms with Crippen LogP contribution in [0.3, 0.4) is 0 Å². The fraction of sp³-hybridized carbons (Fsp3) is 0.190. The molecule has 0 fully saturated rings. The first kappa shape index (κ1) is 20.1. The van der Waals surface area contributed by atoms with Gasteiger partial charge >= 0.3 is 0 Å². The van der Waals surface area contributed by atoms with E-state index in [2.05, 4.69) is 15.6 Å². The molecule has 2 aromatic carbocycles. The van der Waals surface area contributed by atoms with Gasteiger partial charge in [0.2, 0.25) is 11.8 Å². The average Bonchev–Trinajstić information content (AvgIpc) is 3.14. The molecule has 2 amide bonds. The van der Waals surface area contributed by atoms with Crippen LogP contribution in [0.5, 0.6) is 0 Å². The van der Waals surface area contributed by atoms with Crippen molar-refractivity contribution in [3.63, 3.8) is 0 Å². The summed E-state index contributed by atoms with van der Waals surface area (Å²) in [5.41, 5.74) is 4.93. The van der Waals surface area contributed by atoms with Crippen LogP contribution in [0.1, 0.15) is 11.1 Å². The zero-order valence-corrected chi connectivity index (χ0v) is 17.3. The highest BCUT2D eigenvalue weighted by atomic mass is 32.2. The number of hydrogen-bond acceptors (Lipinski definition) is 5. The molecule has 0 radical (unpaired) electrons. The summed E-state index contributed by atoms with van der Waals surface area (Å²) < 4.78 is 0. The van der Waals surface area contributed by atoms with Gasteiger partial charge in [0.1, 0.15) is 0 Å². The number of hydrogen-bond donors (Lipinski definition) is 2. The summed E-state index contributed by atoms with van der Waals surface area (Å²) in [5, 5.41) is 8.11. The molecule has 1 heterocycles. The molecule has 1 aromatic heterocycles. The number of amides is 2. The Bertz CT molecular complexity index is 971. The lowest BCUT2D eigenvalue weighted by atomic mass is 10.1. The van der Waals surface area contributed by atoms with E-state index in [-0.39, 0.29) is 23.3 Å². The number of nitrogens with one attached hydrogen (secondary N) is 2. The van der Waals surface area contributed by atoms with Crippen molar-refractivity contribution >= 4 is 45.7 Å². The summed E-state index contributed by atoms with van der Waals surface area (Å²) in [6.07, 6.45) is 0. The quantitative estimate of drug-likeness (QED) is 0.589. The molecule has 0 unspecified atom stereocenters. The SMILES string of the molecule is Cc1ccc(NC(=O)CSCC(=O)Nc2nc(-c3ccccc3)cs2)cc1C. The Labute approximate surface area is 172 Å². The van der Waals surface area contributed by atoms with Gasteiger partial charge in [0.15, 0.2) is 5.13 Å². The Kier molecular flexibility index (Phi) is 6.84. The summed E-state index contributed by atoms with van der Waals surface area (Å²) in [5.74, 6) is 0.119. The minimum atomic E-state index is -0.169. The first-order chi connectivity index (χ1) is 13.5. The Morgan fingerprint density at radius 3 is 2.39 bits per heavy atom. The van der Waals surface area contributed by atoms with Crippen molar-refractivity contribution in [1.82, 2.24) is 4.98 Å². The fourth-order valence-electron chi connectivity index (χ4n) is 2.48. The molecule has 3 rings (SSSR count). The molecule has 0 aliphatic rings. The normalized spacial score (nSPS) is 10.5. The Hall–Kier alpha value is -2.64. The van der Waals surface area contributed by atoms with Gasteiger partial charge < -0.3 is 10.6 Å². The van der Waals surface area contributed by atoms with E-state index in [1.165, 1.54) is 28.7 Å². The lowest BCUT2D eigenvalue weighted by Gasteiger charge is -2.07. The number of anilines is 2. The number of aryl methyl sites for hydroxylation is 2. The first-order valence-electron chi connectivity index (χ1n) is 8.77. The minimum absolute atomic E-state index is 0.123. The molecule has 0 saturated heterocycles. The Morgan fingerprint density at radius 2 is 1.68 bits per heavy atom. The van der Waals surface area contributed by atoms with Gasteiger partial charge in [0.05, 0.1) is 17.2 Å². The van der Waals surface area contributed by atoms with Crippen molar-refractivity contribution in [1.29, 1.82) is 0 Å².